The van der Waals surface area contributed by atoms with Crippen molar-refractivity contribution < 1.29 is 17.9 Å². The lowest BCUT2D eigenvalue weighted by atomic mass is 10.1. The van der Waals surface area contributed by atoms with Crippen LogP contribution in [0.25, 0.3) is 10.9 Å². The molecule has 0 spiro atoms. The maximum Gasteiger partial charge on any atom is 0.420 e. The normalized spacial score (nSPS) is 11.9. The molecule has 3 rings (SSSR count). The number of thiol groups is 2. The Hall–Kier alpha value is -2.27. The zero-order valence-electron chi connectivity index (χ0n) is 11.7. The molecule has 0 saturated heterocycles. The molecule has 0 aliphatic carbocycles. The summed E-state index contributed by atoms with van der Waals surface area (Å²) in [7, 11) is 0. The van der Waals surface area contributed by atoms with Gasteiger partial charge >= 0.3 is 6.18 Å². The molecule has 0 saturated carbocycles. The molecule has 6 nitrogen and oxygen atoms in total. The van der Waals surface area contributed by atoms with E-state index in [2.05, 4.69) is 35.4 Å². The van der Waals surface area contributed by atoms with Gasteiger partial charge in [-0.05, 0) is 12.1 Å². The van der Waals surface area contributed by atoms with Crippen LogP contribution in [0.3, 0.4) is 0 Å². The van der Waals surface area contributed by atoms with E-state index in [0.29, 0.717) is 10.3 Å². The van der Waals surface area contributed by atoms with Gasteiger partial charge in [0.05, 0.1) is 11.7 Å². The molecular formula is C13H10F3N5OS2. The van der Waals surface area contributed by atoms with Crippen LogP contribution < -0.4 is 16.2 Å². The summed E-state index contributed by atoms with van der Waals surface area (Å²) in [5.74, 6) is -0.880. The third-order valence-corrected chi connectivity index (χ3v) is 3.88. The van der Waals surface area contributed by atoms with Crippen molar-refractivity contribution in [2.45, 2.75) is 11.1 Å². The van der Waals surface area contributed by atoms with Crippen LogP contribution in [0.1, 0.15) is 5.56 Å². The topological polar surface area (TPSA) is 92.0 Å². The van der Waals surface area contributed by atoms with Crippen LogP contribution in [0.4, 0.5) is 24.9 Å². The summed E-state index contributed by atoms with van der Waals surface area (Å²) in [6, 6.07) is 2.13. The van der Waals surface area contributed by atoms with Gasteiger partial charge in [-0.25, -0.2) is 4.98 Å². The van der Waals surface area contributed by atoms with E-state index in [1.807, 2.05) is 0 Å². The highest BCUT2D eigenvalue weighted by Gasteiger charge is 2.36. The van der Waals surface area contributed by atoms with Crippen LogP contribution >= 0.6 is 25.4 Å². The minimum absolute atomic E-state index is 0.115. The van der Waals surface area contributed by atoms with Crippen LogP contribution in [-0.4, -0.2) is 13.9 Å². The van der Waals surface area contributed by atoms with Gasteiger partial charge in [0.1, 0.15) is 11.3 Å². The van der Waals surface area contributed by atoms with Gasteiger partial charge in [-0.2, -0.15) is 18.2 Å². The van der Waals surface area contributed by atoms with Gasteiger partial charge in [0, 0.05) is 16.5 Å². The number of nitrogens with zero attached hydrogens (tertiary/aromatic N) is 3. The second kappa shape index (κ2) is 5.67. The van der Waals surface area contributed by atoms with Gasteiger partial charge in [0.2, 0.25) is 5.95 Å². The lowest BCUT2D eigenvalue weighted by Crippen LogP contribution is -2.08. The second-order valence-corrected chi connectivity index (χ2v) is 5.71. The number of hydrogen-bond acceptors (Lipinski definition) is 7. The number of fused-ring (bicyclic) bond motifs is 1. The lowest BCUT2D eigenvalue weighted by molar-refractivity contribution is -0.138. The molecule has 2 heterocycles. The Balaban J connectivity index is 2.19. The van der Waals surface area contributed by atoms with Gasteiger partial charge in [-0.15, -0.1) is 12.6 Å². The van der Waals surface area contributed by atoms with Crippen LogP contribution in [0.15, 0.2) is 29.4 Å². The van der Waals surface area contributed by atoms with E-state index >= 15 is 0 Å². The molecule has 2 aromatic heterocycles. The first kappa shape index (κ1) is 16.6. The number of hydrogen-bond donors (Lipinski definition) is 4. The summed E-state index contributed by atoms with van der Waals surface area (Å²) >= 11 is 8.29. The van der Waals surface area contributed by atoms with Gasteiger partial charge < -0.3 is 16.2 Å². The van der Waals surface area contributed by atoms with Crippen molar-refractivity contribution in [2.24, 2.45) is 0 Å². The quantitative estimate of drug-likeness (QED) is 0.517. The molecule has 126 valence electrons. The smallest absolute Gasteiger partial charge is 0.420 e. The molecule has 4 N–H and O–H groups in total. The highest BCUT2D eigenvalue weighted by molar-refractivity contribution is 7.81. The molecule has 3 aromatic rings. The summed E-state index contributed by atoms with van der Waals surface area (Å²) in [5.41, 5.74) is 10.2. The minimum Gasteiger partial charge on any atom is -0.451 e. The van der Waals surface area contributed by atoms with Crippen LogP contribution in [0.5, 0.6) is 11.5 Å². The Kier molecular flexibility index (Phi) is 3.92. The molecular weight excluding hydrogens is 363 g/mol. The lowest BCUT2D eigenvalue weighted by Gasteiger charge is -2.15. The maximum atomic E-state index is 13.4. The molecule has 1 aromatic carbocycles. The molecule has 0 aliphatic rings. The molecule has 11 heteroatoms. The van der Waals surface area contributed by atoms with Crippen molar-refractivity contribution >= 4 is 48.1 Å². The van der Waals surface area contributed by atoms with Gasteiger partial charge in [-0.1, -0.05) is 12.8 Å². The Morgan fingerprint density at radius 3 is 2.50 bits per heavy atom. The van der Waals surface area contributed by atoms with E-state index < -0.39 is 17.5 Å². The predicted molar refractivity (Wildman–Crippen MR) is 89.5 cm³/mol. The van der Waals surface area contributed by atoms with E-state index in [1.165, 1.54) is 16.2 Å². The number of ether oxygens (including phenoxy) is 1. The number of halogens is 3. The first-order chi connectivity index (χ1) is 11.2. The Morgan fingerprint density at radius 2 is 1.88 bits per heavy atom. The molecule has 0 radical (unpaired) electrons. The summed E-state index contributed by atoms with van der Waals surface area (Å²) in [6.45, 7) is 0. The molecule has 0 unspecified atom stereocenters. The van der Waals surface area contributed by atoms with Crippen molar-refractivity contribution in [1.29, 1.82) is 0 Å². The SMILES string of the molecule is Nc1ncc(Oc2cc3c(S)cn(S)c3cc2C(F)(F)F)c(N)n1. The highest BCUT2D eigenvalue weighted by atomic mass is 32.1. The van der Waals surface area contributed by atoms with E-state index in [0.717, 1.165) is 12.3 Å². The van der Waals surface area contributed by atoms with Crippen molar-refractivity contribution in [1.82, 2.24) is 13.9 Å². The zero-order chi connectivity index (χ0) is 17.6. The summed E-state index contributed by atoms with van der Waals surface area (Å²) in [5, 5.41) is 0.436. The monoisotopic (exact) mass is 373 g/mol. The minimum atomic E-state index is -4.65. The first-order valence-corrected chi connectivity index (χ1v) is 7.22. The van der Waals surface area contributed by atoms with Crippen molar-refractivity contribution in [3.63, 3.8) is 0 Å². The fourth-order valence-electron chi connectivity index (χ4n) is 2.12. The largest absolute Gasteiger partial charge is 0.451 e. The van der Waals surface area contributed by atoms with Gasteiger partial charge in [-0.3, -0.25) is 3.97 Å². The summed E-state index contributed by atoms with van der Waals surface area (Å²) in [4.78, 5) is 7.76. The third-order valence-electron chi connectivity index (χ3n) is 3.19. The second-order valence-electron chi connectivity index (χ2n) is 4.80. The number of alkyl halides is 3. The highest BCUT2D eigenvalue weighted by Crippen LogP contribution is 2.42. The van der Waals surface area contributed by atoms with Crippen LogP contribution in [0, 0.1) is 0 Å². The Labute approximate surface area is 144 Å². The average molecular weight is 373 g/mol. The number of aromatic nitrogens is 3. The van der Waals surface area contributed by atoms with Crippen molar-refractivity contribution in [2.75, 3.05) is 11.5 Å². The van der Waals surface area contributed by atoms with E-state index in [4.69, 9.17) is 16.2 Å². The zero-order valence-corrected chi connectivity index (χ0v) is 13.5. The van der Waals surface area contributed by atoms with Crippen molar-refractivity contribution in [3.05, 3.63) is 30.1 Å². The Bertz CT molecular complexity index is 941. The maximum absolute atomic E-state index is 13.4. The number of anilines is 2. The average Bonchev–Trinajstić information content (AvgIpc) is 2.75. The number of benzene rings is 1. The molecule has 0 aliphatic heterocycles. The van der Waals surface area contributed by atoms with Gasteiger partial charge in [0.15, 0.2) is 11.6 Å². The number of nitrogen functional groups attached to an aromatic ring is 2. The van der Waals surface area contributed by atoms with E-state index in [9.17, 15) is 13.2 Å². The summed E-state index contributed by atoms with van der Waals surface area (Å²) < 4.78 is 46.6. The van der Waals surface area contributed by atoms with E-state index in [1.54, 1.807) is 0 Å². The van der Waals surface area contributed by atoms with Gasteiger partial charge in [0.25, 0.3) is 0 Å². The number of rotatable bonds is 2. The molecule has 24 heavy (non-hydrogen) atoms. The number of nitrogens with two attached hydrogens (primary N) is 2. The fourth-order valence-corrected chi connectivity index (χ4v) is 2.79. The van der Waals surface area contributed by atoms with Crippen molar-refractivity contribution in [3.8, 4) is 11.5 Å². The van der Waals surface area contributed by atoms with Crippen LogP contribution in [0.2, 0.25) is 0 Å². The Morgan fingerprint density at radius 1 is 1.17 bits per heavy atom. The molecule has 0 atom stereocenters. The molecule has 0 amide bonds. The predicted octanol–water partition coefficient (Wildman–Crippen LogP) is 3.39. The third kappa shape index (κ3) is 2.91. The standard InChI is InChI=1S/C13H10F3N5OS2/c14-13(15,16)6-2-7-5(10(23)4-21(7)24)1-8(6)22-9-3-19-12(18)20-11(9)17/h1-4,23-24H,(H4,17,18,19,20). The van der Waals surface area contributed by atoms with Crippen LogP contribution in [-0.2, 0) is 6.18 Å². The van der Waals surface area contributed by atoms with E-state index in [-0.39, 0.29) is 23.0 Å². The summed E-state index contributed by atoms with van der Waals surface area (Å²) in [6.07, 6.45) is -2.07. The molecule has 0 fully saturated rings. The fraction of sp³-hybridized carbons (Fsp3) is 0.0769. The first-order valence-electron chi connectivity index (χ1n) is 6.37. The molecule has 0 bridgehead atoms.